The zero-order chi connectivity index (χ0) is 14.9. The number of fused-ring (bicyclic) bond motifs is 1. The summed E-state index contributed by atoms with van der Waals surface area (Å²) in [7, 11) is 0. The third kappa shape index (κ3) is 2.53. The summed E-state index contributed by atoms with van der Waals surface area (Å²) in [6, 6.07) is 16.3. The maximum absolute atomic E-state index is 6.34. The van der Waals surface area contributed by atoms with Crippen LogP contribution in [0, 0.1) is 0 Å². The van der Waals surface area contributed by atoms with Gasteiger partial charge in [-0.15, -0.1) is 0 Å². The van der Waals surface area contributed by atoms with E-state index in [0.29, 0.717) is 0 Å². The van der Waals surface area contributed by atoms with Crippen LogP contribution in [0.2, 0.25) is 5.02 Å². The largest absolute Gasteiger partial charge is 0.470 e. The number of nitrogens with zero attached hydrogens (tertiary/aromatic N) is 1. The molecule has 4 rings (SSSR count). The average Bonchev–Trinajstić information content (AvgIpc) is 3.09. The van der Waals surface area contributed by atoms with Crippen molar-refractivity contribution in [3.05, 3.63) is 64.7 Å². The second-order valence-electron chi connectivity index (χ2n) is 5.86. The molecule has 2 nitrogen and oxygen atoms in total. The summed E-state index contributed by atoms with van der Waals surface area (Å²) in [5, 5.41) is 0.741. The molecule has 2 aromatic carbocycles. The summed E-state index contributed by atoms with van der Waals surface area (Å²) in [6.07, 6.45) is 4.71. The summed E-state index contributed by atoms with van der Waals surface area (Å²) in [5.41, 5.74) is 3.49. The molecule has 1 saturated heterocycles. The van der Waals surface area contributed by atoms with Gasteiger partial charge in [0.2, 0.25) is 0 Å². The number of ether oxygens (including phenoxy) is 1. The van der Waals surface area contributed by atoms with Crippen LogP contribution in [-0.4, -0.2) is 24.2 Å². The number of benzene rings is 2. The maximum atomic E-state index is 6.34. The van der Waals surface area contributed by atoms with E-state index in [9.17, 15) is 0 Å². The zero-order valence-corrected chi connectivity index (χ0v) is 13.1. The van der Waals surface area contributed by atoms with Gasteiger partial charge in [0.25, 0.3) is 0 Å². The van der Waals surface area contributed by atoms with E-state index in [-0.39, 0.29) is 6.23 Å². The Bertz CT molecular complexity index is 705. The lowest BCUT2D eigenvalue weighted by Crippen LogP contribution is -2.39. The first kappa shape index (κ1) is 13.9. The van der Waals surface area contributed by atoms with Gasteiger partial charge in [-0.1, -0.05) is 41.9 Å². The second kappa shape index (κ2) is 5.79. The first-order valence-electron chi connectivity index (χ1n) is 7.78. The van der Waals surface area contributed by atoms with Crippen LogP contribution >= 0.6 is 11.6 Å². The summed E-state index contributed by atoms with van der Waals surface area (Å²) in [4.78, 5) is 2.43. The Hall–Kier alpha value is -1.77. The van der Waals surface area contributed by atoms with Gasteiger partial charge in [0.15, 0.2) is 6.23 Å². The fourth-order valence-electron chi connectivity index (χ4n) is 3.27. The summed E-state index contributed by atoms with van der Waals surface area (Å²) >= 11 is 6.14. The quantitative estimate of drug-likeness (QED) is 0.797. The normalized spacial score (nSPS) is 21.1. The molecule has 2 aliphatic heterocycles. The molecule has 2 aromatic rings. The smallest absolute Gasteiger partial charge is 0.179 e. The SMILES string of the molecule is Clc1ccc2c(c1)C=C(c1ccccc1)C(N1CCCC1)O2. The molecule has 0 spiro atoms. The van der Waals surface area contributed by atoms with Crippen LogP contribution in [0.15, 0.2) is 48.5 Å². The molecule has 2 aliphatic rings. The van der Waals surface area contributed by atoms with E-state index >= 15 is 0 Å². The van der Waals surface area contributed by atoms with Gasteiger partial charge >= 0.3 is 0 Å². The Kier molecular flexibility index (Phi) is 3.65. The molecule has 22 heavy (non-hydrogen) atoms. The fourth-order valence-corrected chi connectivity index (χ4v) is 3.45. The Labute approximate surface area is 136 Å². The third-order valence-electron chi connectivity index (χ3n) is 4.37. The van der Waals surface area contributed by atoms with E-state index in [4.69, 9.17) is 16.3 Å². The minimum absolute atomic E-state index is 0.00132. The predicted molar refractivity (Wildman–Crippen MR) is 91.0 cm³/mol. The lowest BCUT2D eigenvalue weighted by molar-refractivity contribution is 0.0899. The minimum atomic E-state index is -0.00132. The summed E-state index contributed by atoms with van der Waals surface area (Å²) in [6.45, 7) is 2.19. The molecule has 0 radical (unpaired) electrons. The van der Waals surface area contributed by atoms with Gasteiger partial charge in [-0.2, -0.15) is 0 Å². The highest BCUT2D eigenvalue weighted by atomic mass is 35.5. The highest BCUT2D eigenvalue weighted by molar-refractivity contribution is 6.30. The molecule has 1 fully saturated rings. The van der Waals surface area contributed by atoms with Crippen LogP contribution in [0.4, 0.5) is 0 Å². The van der Waals surface area contributed by atoms with Crippen LogP contribution in [0.3, 0.4) is 0 Å². The molecule has 1 atom stereocenters. The number of halogens is 1. The summed E-state index contributed by atoms with van der Waals surface area (Å²) in [5.74, 6) is 0.918. The highest BCUT2D eigenvalue weighted by Crippen LogP contribution is 2.37. The van der Waals surface area contributed by atoms with Gasteiger partial charge in [0.1, 0.15) is 5.75 Å². The van der Waals surface area contributed by atoms with Gasteiger partial charge in [0, 0.05) is 29.2 Å². The third-order valence-corrected chi connectivity index (χ3v) is 4.60. The van der Waals surface area contributed by atoms with E-state index < -0.39 is 0 Å². The maximum Gasteiger partial charge on any atom is 0.179 e. The van der Waals surface area contributed by atoms with Crippen LogP contribution in [0.1, 0.15) is 24.0 Å². The van der Waals surface area contributed by atoms with Crippen molar-refractivity contribution < 1.29 is 4.74 Å². The van der Waals surface area contributed by atoms with Gasteiger partial charge in [-0.3, -0.25) is 4.90 Å². The molecule has 3 heteroatoms. The molecule has 0 N–H and O–H groups in total. The fraction of sp³-hybridized carbons (Fsp3) is 0.263. The molecule has 0 amide bonds. The van der Waals surface area contributed by atoms with Crippen molar-refractivity contribution in [1.82, 2.24) is 4.90 Å². The molecule has 0 aromatic heterocycles. The molecule has 0 bridgehead atoms. The lowest BCUT2D eigenvalue weighted by Gasteiger charge is -2.34. The number of likely N-dealkylation sites (tertiary alicyclic amines) is 1. The monoisotopic (exact) mass is 311 g/mol. The van der Waals surface area contributed by atoms with E-state index in [1.54, 1.807) is 0 Å². The van der Waals surface area contributed by atoms with E-state index in [1.807, 2.05) is 24.3 Å². The number of rotatable bonds is 2. The Morgan fingerprint density at radius 2 is 1.77 bits per heavy atom. The predicted octanol–water partition coefficient (Wildman–Crippen LogP) is 4.69. The van der Waals surface area contributed by atoms with Crippen molar-refractivity contribution in [2.75, 3.05) is 13.1 Å². The standard InChI is InChI=1S/C19H18ClNO/c20-16-8-9-18-15(12-16)13-17(14-6-2-1-3-7-14)19(22-18)21-10-4-5-11-21/h1-3,6-9,12-13,19H,4-5,10-11H2. The Morgan fingerprint density at radius 3 is 2.55 bits per heavy atom. The minimum Gasteiger partial charge on any atom is -0.470 e. The van der Waals surface area contributed by atoms with E-state index in [1.165, 1.54) is 24.0 Å². The van der Waals surface area contributed by atoms with Crippen molar-refractivity contribution in [2.45, 2.75) is 19.1 Å². The molecule has 0 aliphatic carbocycles. The van der Waals surface area contributed by atoms with Crippen molar-refractivity contribution >= 4 is 23.3 Å². The molecule has 0 saturated carbocycles. The van der Waals surface area contributed by atoms with Crippen molar-refractivity contribution in [3.63, 3.8) is 0 Å². The highest BCUT2D eigenvalue weighted by Gasteiger charge is 2.31. The summed E-state index contributed by atoms with van der Waals surface area (Å²) < 4.78 is 6.34. The van der Waals surface area contributed by atoms with Gasteiger partial charge in [0.05, 0.1) is 0 Å². The van der Waals surface area contributed by atoms with Gasteiger partial charge in [-0.05, 0) is 42.7 Å². The topological polar surface area (TPSA) is 12.5 Å². The van der Waals surface area contributed by atoms with Crippen molar-refractivity contribution in [3.8, 4) is 5.75 Å². The molecule has 2 heterocycles. The first-order valence-corrected chi connectivity index (χ1v) is 8.16. The van der Waals surface area contributed by atoms with Crippen molar-refractivity contribution in [2.24, 2.45) is 0 Å². The zero-order valence-electron chi connectivity index (χ0n) is 12.3. The Morgan fingerprint density at radius 1 is 1.00 bits per heavy atom. The van der Waals surface area contributed by atoms with Crippen molar-refractivity contribution in [1.29, 1.82) is 0 Å². The molecule has 1 unspecified atom stereocenters. The lowest BCUT2D eigenvalue weighted by atomic mass is 9.98. The van der Waals surface area contributed by atoms with E-state index in [2.05, 4.69) is 35.2 Å². The first-order chi connectivity index (χ1) is 10.8. The number of hydrogen-bond donors (Lipinski definition) is 0. The Balaban J connectivity index is 1.80. The van der Waals surface area contributed by atoms with Gasteiger partial charge in [-0.25, -0.2) is 0 Å². The average molecular weight is 312 g/mol. The molecular weight excluding hydrogens is 294 g/mol. The van der Waals surface area contributed by atoms with Crippen LogP contribution < -0.4 is 4.74 Å². The van der Waals surface area contributed by atoms with Gasteiger partial charge < -0.3 is 4.74 Å². The van der Waals surface area contributed by atoms with Crippen LogP contribution in [0.5, 0.6) is 5.75 Å². The molecule has 112 valence electrons. The van der Waals surface area contributed by atoms with E-state index in [0.717, 1.165) is 29.4 Å². The van der Waals surface area contributed by atoms with Crippen LogP contribution in [-0.2, 0) is 0 Å². The second-order valence-corrected chi connectivity index (χ2v) is 6.30. The molecular formula is C19H18ClNO. The van der Waals surface area contributed by atoms with Crippen LogP contribution in [0.25, 0.3) is 11.6 Å². The number of hydrogen-bond acceptors (Lipinski definition) is 2.